The first-order chi connectivity index (χ1) is 9.63. The first kappa shape index (κ1) is 12.2. The van der Waals surface area contributed by atoms with Gasteiger partial charge in [-0.1, -0.05) is 24.3 Å². The lowest BCUT2D eigenvalue weighted by Crippen LogP contribution is -2.06. The first-order valence-electron chi connectivity index (χ1n) is 5.89. The molecule has 3 aromatic rings. The minimum Gasteiger partial charge on any atom is -0.506 e. The molecule has 100 valence electrons. The van der Waals surface area contributed by atoms with E-state index in [2.05, 4.69) is 4.74 Å². The van der Waals surface area contributed by atoms with Gasteiger partial charge in [0.05, 0.1) is 7.11 Å². The largest absolute Gasteiger partial charge is 0.506 e. The highest BCUT2D eigenvalue weighted by Crippen LogP contribution is 2.31. The van der Waals surface area contributed by atoms with E-state index in [0.29, 0.717) is 16.4 Å². The number of esters is 1. The van der Waals surface area contributed by atoms with Crippen molar-refractivity contribution < 1.29 is 19.1 Å². The second kappa shape index (κ2) is 4.38. The fourth-order valence-electron chi connectivity index (χ4n) is 2.23. The van der Waals surface area contributed by atoms with E-state index in [0.717, 1.165) is 0 Å². The zero-order valence-electron chi connectivity index (χ0n) is 10.5. The van der Waals surface area contributed by atoms with Crippen molar-refractivity contribution in [2.45, 2.75) is 0 Å². The number of aromatic hydroxyl groups is 1. The van der Waals surface area contributed by atoms with E-state index in [9.17, 15) is 14.7 Å². The number of fused-ring (bicyclic) bond motifs is 3. The number of rotatable bonds is 1. The van der Waals surface area contributed by atoms with Crippen molar-refractivity contribution in [1.29, 1.82) is 0 Å². The van der Waals surface area contributed by atoms with Gasteiger partial charge in [0.1, 0.15) is 22.3 Å². The van der Waals surface area contributed by atoms with Crippen molar-refractivity contribution in [2.24, 2.45) is 0 Å². The third-order valence-electron chi connectivity index (χ3n) is 3.17. The van der Waals surface area contributed by atoms with Crippen molar-refractivity contribution in [2.75, 3.05) is 7.11 Å². The Balaban J connectivity index is 2.50. The summed E-state index contributed by atoms with van der Waals surface area (Å²) in [7, 11) is 1.20. The number of methoxy groups -OCH3 is 1. The molecule has 0 unspecified atom stereocenters. The van der Waals surface area contributed by atoms with Crippen LogP contribution in [0.5, 0.6) is 5.75 Å². The standard InChI is InChI=1S/C15H10O5/c1-19-14(17)10-7-6-9-8-4-2-3-5-11(8)20-15(18)12(9)13(10)16/h2-7,16H,1H3. The Labute approximate surface area is 113 Å². The molecule has 20 heavy (non-hydrogen) atoms. The lowest BCUT2D eigenvalue weighted by molar-refractivity contribution is 0.0598. The van der Waals surface area contributed by atoms with Crippen molar-refractivity contribution in [1.82, 2.24) is 0 Å². The Morgan fingerprint density at radius 1 is 1.15 bits per heavy atom. The van der Waals surface area contributed by atoms with E-state index in [4.69, 9.17) is 4.42 Å². The van der Waals surface area contributed by atoms with Crippen LogP contribution in [0.25, 0.3) is 21.7 Å². The van der Waals surface area contributed by atoms with Crippen molar-refractivity contribution in [3.05, 3.63) is 52.4 Å². The first-order valence-corrected chi connectivity index (χ1v) is 5.89. The molecule has 0 saturated heterocycles. The molecular formula is C15H10O5. The molecule has 0 bridgehead atoms. The second-order valence-corrected chi connectivity index (χ2v) is 4.26. The minimum absolute atomic E-state index is 0.0217. The van der Waals surface area contributed by atoms with Gasteiger partial charge >= 0.3 is 11.6 Å². The average Bonchev–Trinajstić information content (AvgIpc) is 2.46. The van der Waals surface area contributed by atoms with Gasteiger partial charge in [-0.05, 0) is 12.1 Å². The molecular weight excluding hydrogens is 260 g/mol. The molecule has 1 heterocycles. The van der Waals surface area contributed by atoms with Gasteiger partial charge in [-0.3, -0.25) is 0 Å². The van der Waals surface area contributed by atoms with E-state index in [1.54, 1.807) is 30.3 Å². The lowest BCUT2D eigenvalue weighted by Gasteiger charge is -2.07. The fraction of sp³-hybridized carbons (Fsp3) is 0.0667. The van der Waals surface area contributed by atoms with Crippen LogP contribution in [0, 0.1) is 0 Å². The van der Waals surface area contributed by atoms with Gasteiger partial charge in [-0.25, -0.2) is 9.59 Å². The van der Waals surface area contributed by atoms with Gasteiger partial charge in [-0.2, -0.15) is 0 Å². The Morgan fingerprint density at radius 2 is 1.90 bits per heavy atom. The molecule has 0 saturated carbocycles. The molecule has 3 rings (SSSR count). The zero-order valence-corrected chi connectivity index (χ0v) is 10.5. The molecule has 0 atom stereocenters. The molecule has 0 aliphatic heterocycles. The number of carbonyl (C=O) groups is 1. The maximum atomic E-state index is 12.0. The number of ether oxygens (including phenoxy) is 1. The molecule has 0 fully saturated rings. The van der Waals surface area contributed by atoms with E-state index >= 15 is 0 Å². The fourth-order valence-corrected chi connectivity index (χ4v) is 2.23. The third kappa shape index (κ3) is 1.64. The van der Waals surface area contributed by atoms with Crippen LogP contribution in [0.1, 0.15) is 10.4 Å². The van der Waals surface area contributed by atoms with Crippen molar-refractivity contribution in [3.8, 4) is 5.75 Å². The number of benzene rings is 2. The maximum Gasteiger partial charge on any atom is 0.348 e. The molecule has 0 spiro atoms. The van der Waals surface area contributed by atoms with Crippen molar-refractivity contribution >= 4 is 27.7 Å². The van der Waals surface area contributed by atoms with Crippen molar-refractivity contribution in [3.63, 3.8) is 0 Å². The molecule has 2 aromatic carbocycles. The summed E-state index contributed by atoms with van der Waals surface area (Å²) in [6.45, 7) is 0. The Hall–Kier alpha value is -2.82. The Kier molecular flexibility index (Phi) is 2.68. The molecule has 0 aliphatic rings. The molecule has 1 N–H and O–H groups in total. The number of hydrogen-bond donors (Lipinski definition) is 1. The molecule has 5 heteroatoms. The molecule has 1 aromatic heterocycles. The number of phenols is 1. The zero-order chi connectivity index (χ0) is 14.3. The molecule has 0 amide bonds. The average molecular weight is 270 g/mol. The molecule has 0 radical (unpaired) electrons. The summed E-state index contributed by atoms with van der Waals surface area (Å²) in [6, 6.07) is 10.0. The van der Waals surface area contributed by atoms with Crippen LogP contribution >= 0.6 is 0 Å². The van der Waals surface area contributed by atoms with E-state index < -0.39 is 17.3 Å². The Bertz CT molecular complexity index is 892. The highest BCUT2D eigenvalue weighted by molar-refractivity contribution is 6.09. The van der Waals surface area contributed by atoms with Crippen LogP contribution in [0.15, 0.2) is 45.6 Å². The summed E-state index contributed by atoms with van der Waals surface area (Å²) in [4.78, 5) is 23.5. The molecule has 0 aliphatic carbocycles. The van der Waals surface area contributed by atoms with Gasteiger partial charge in [0, 0.05) is 10.8 Å². The van der Waals surface area contributed by atoms with Crippen LogP contribution < -0.4 is 5.63 Å². The number of hydrogen-bond acceptors (Lipinski definition) is 5. The summed E-state index contributed by atoms with van der Waals surface area (Å²) in [5, 5.41) is 11.3. The highest BCUT2D eigenvalue weighted by atomic mass is 16.5. The summed E-state index contributed by atoms with van der Waals surface area (Å²) < 4.78 is 9.72. The highest BCUT2D eigenvalue weighted by Gasteiger charge is 2.18. The summed E-state index contributed by atoms with van der Waals surface area (Å²) in [5.74, 6) is -1.13. The SMILES string of the molecule is COC(=O)c1ccc2c(c1O)c(=O)oc1ccccc12. The predicted octanol–water partition coefficient (Wildman–Crippen LogP) is 2.44. The van der Waals surface area contributed by atoms with E-state index in [1.165, 1.54) is 13.2 Å². The van der Waals surface area contributed by atoms with E-state index in [-0.39, 0.29) is 10.9 Å². The maximum absolute atomic E-state index is 12.0. The van der Waals surface area contributed by atoms with Gasteiger partial charge in [0.2, 0.25) is 0 Å². The lowest BCUT2D eigenvalue weighted by atomic mass is 10.0. The summed E-state index contributed by atoms with van der Waals surface area (Å²) in [6.07, 6.45) is 0. The van der Waals surface area contributed by atoms with Gasteiger partial charge in [0.25, 0.3) is 0 Å². The number of phenolic OH excluding ortho intramolecular Hbond substituents is 1. The normalized spacial score (nSPS) is 10.8. The predicted molar refractivity (Wildman–Crippen MR) is 73.0 cm³/mol. The summed E-state index contributed by atoms with van der Waals surface area (Å²) >= 11 is 0. The third-order valence-corrected chi connectivity index (χ3v) is 3.17. The van der Waals surface area contributed by atoms with Crippen LogP contribution in [0.2, 0.25) is 0 Å². The van der Waals surface area contributed by atoms with E-state index in [1.807, 2.05) is 0 Å². The number of carbonyl (C=O) groups excluding carboxylic acids is 1. The minimum atomic E-state index is -0.711. The quantitative estimate of drug-likeness (QED) is 0.417. The van der Waals surface area contributed by atoms with Crippen LogP contribution in [-0.2, 0) is 4.74 Å². The Morgan fingerprint density at radius 3 is 2.65 bits per heavy atom. The van der Waals surface area contributed by atoms with Gasteiger partial charge in [-0.15, -0.1) is 0 Å². The number of para-hydroxylation sites is 1. The van der Waals surface area contributed by atoms with Crippen LogP contribution in [0.4, 0.5) is 0 Å². The van der Waals surface area contributed by atoms with Crippen LogP contribution in [0.3, 0.4) is 0 Å². The topological polar surface area (TPSA) is 76.7 Å². The summed E-state index contributed by atoms with van der Waals surface area (Å²) in [5.41, 5.74) is -0.334. The van der Waals surface area contributed by atoms with Gasteiger partial charge in [0.15, 0.2) is 0 Å². The van der Waals surface area contributed by atoms with Crippen LogP contribution in [-0.4, -0.2) is 18.2 Å². The monoisotopic (exact) mass is 270 g/mol. The second-order valence-electron chi connectivity index (χ2n) is 4.26. The molecule has 5 nitrogen and oxygen atoms in total. The van der Waals surface area contributed by atoms with Gasteiger partial charge < -0.3 is 14.3 Å². The smallest absolute Gasteiger partial charge is 0.348 e.